The van der Waals surface area contributed by atoms with Crippen molar-refractivity contribution in [1.29, 1.82) is 0 Å². The van der Waals surface area contributed by atoms with Crippen LogP contribution in [0.5, 0.6) is 5.75 Å². The monoisotopic (exact) mass is 240 g/mol. The van der Waals surface area contributed by atoms with Crippen molar-refractivity contribution in [2.24, 2.45) is 11.3 Å². The number of halogens is 1. The third kappa shape index (κ3) is 1.55. The number of aliphatic carboxylic acids is 1. The van der Waals surface area contributed by atoms with Gasteiger partial charge in [-0.3, -0.25) is 4.79 Å². The molecule has 0 aliphatic heterocycles. The Bertz CT molecular complexity index is 454. The molecule has 1 aliphatic carbocycles. The molecule has 1 aromatic carbocycles. The number of carbonyl (C=O) groups is 1. The lowest BCUT2D eigenvalue weighted by atomic mass is 10.0. The van der Waals surface area contributed by atoms with Crippen LogP contribution in [0, 0.1) is 11.3 Å². The van der Waals surface area contributed by atoms with Crippen LogP contribution < -0.4 is 0 Å². The molecule has 2 rings (SSSR count). The van der Waals surface area contributed by atoms with Crippen LogP contribution in [0.1, 0.15) is 25.3 Å². The molecule has 2 N–H and O–H groups in total. The first-order valence-corrected chi connectivity index (χ1v) is 5.44. The van der Waals surface area contributed by atoms with Gasteiger partial charge >= 0.3 is 5.97 Å². The van der Waals surface area contributed by atoms with Crippen LogP contribution in [0.4, 0.5) is 0 Å². The van der Waals surface area contributed by atoms with Gasteiger partial charge < -0.3 is 10.2 Å². The number of benzene rings is 1. The highest BCUT2D eigenvalue weighted by Gasteiger charge is 2.63. The summed E-state index contributed by atoms with van der Waals surface area (Å²) in [7, 11) is 0. The predicted molar refractivity (Wildman–Crippen MR) is 60.8 cm³/mol. The highest BCUT2D eigenvalue weighted by molar-refractivity contribution is 6.30. The van der Waals surface area contributed by atoms with E-state index in [2.05, 4.69) is 0 Å². The van der Waals surface area contributed by atoms with E-state index in [1.165, 1.54) is 6.07 Å². The van der Waals surface area contributed by atoms with Crippen LogP contribution in [-0.2, 0) is 4.79 Å². The fraction of sp³-hybridized carbons (Fsp3) is 0.417. The van der Waals surface area contributed by atoms with E-state index in [-0.39, 0.29) is 17.1 Å². The SMILES string of the molecule is CC1(C)C(C(=O)O)C1c1cc(Cl)ccc1O. The minimum Gasteiger partial charge on any atom is -0.508 e. The number of phenolic OH excluding ortho intramolecular Hbond substituents is 1. The third-order valence-corrected chi connectivity index (χ3v) is 3.65. The number of phenols is 1. The number of hydrogen-bond donors (Lipinski definition) is 2. The quantitative estimate of drug-likeness (QED) is 0.836. The molecule has 1 aromatic rings. The molecule has 0 aromatic heterocycles. The van der Waals surface area contributed by atoms with Crippen LogP contribution in [0.25, 0.3) is 0 Å². The van der Waals surface area contributed by atoms with Gasteiger partial charge in [-0.25, -0.2) is 0 Å². The molecule has 0 bridgehead atoms. The van der Waals surface area contributed by atoms with Gasteiger partial charge in [0.05, 0.1) is 5.92 Å². The fourth-order valence-corrected chi connectivity index (χ4v) is 2.63. The van der Waals surface area contributed by atoms with E-state index in [0.29, 0.717) is 10.6 Å². The van der Waals surface area contributed by atoms with Crippen LogP contribution in [0.15, 0.2) is 18.2 Å². The highest BCUT2D eigenvalue weighted by atomic mass is 35.5. The molecule has 1 saturated carbocycles. The molecule has 3 nitrogen and oxygen atoms in total. The van der Waals surface area contributed by atoms with Crippen LogP contribution in [0.3, 0.4) is 0 Å². The van der Waals surface area contributed by atoms with E-state index in [0.717, 1.165) is 0 Å². The minimum atomic E-state index is -0.825. The van der Waals surface area contributed by atoms with Gasteiger partial charge in [-0.2, -0.15) is 0 Å². The van der Waals surface area contributed by atoms with Gasteiger partial charge in [0, 0.05) is 10.9 Å². The predicted octanol–water partition coefficient (Wildman–Crippen LogP) is 2.87. The number of carboxylic acid groups (broad SMARTS) is 1. The van der Waals surface area contributed by atoms with Gasteiger partial charge in [0.25, 0.3) is 0 Å². The van der Waals surface area contributed by atoms with Crippen molar-refractivity contribution in [3.63, 3.8) is 0 Å². The lowest BCUT2D eigenvalue weighted by Crippen LogP contribution is -2.03. The van der Waals surface area contributed by atoms with Gasteiger partial charge in [-0.15, -0.1) is 0 Å². The molecule has 2 unspecified atom stereocenters. The average Bonchev–Trinajstić information content (AvgIpc) is 2.73. The van der Waals surface area contributed by atoms with Crippen molar-refractivity contribution >= 4 is 17.6 Å². The summed E-state index contributed by atoms with van der Waals surface area (Å²) in [5, 5.41) is 19.3. The average molecular weight is 241 g/mol. The van der Waals surface area contributed by atoms with E-state index in [9.17, 15) is 9.90 Å². The Hall–Kier alpha value is -1.22. The first kappa shape index (κ1) is 11.3. The normalized spacial score (nSPS) is 26.4. The second-order valence-corrected chi connectivity index (χ2v) is 5.25. The Morgan fingerprint density at radius 1 is 1.44 bits per heavy atom. The molecule has 0 saturated heterocycles. The molecule has 0 heterocycles. The van der Waals surface area contributed by atoms with Gasteiger partial charge in [0.2, 0.25) is 0 Å². The number of aromatic hydroxyl groups is 1. The Morgan fingerprint density at radius 3 is 2.56 bits per heavy atom. The molecule has 4 heteroatoms. The maximum absolute atomic E-state index is 11.0. The molecule has 0 amide bonds. The maximum Gasteiger partial charge on any atom is 0.307 e. The second-order valence-electron chi connectivity index (χ2n) is 4.82. The Labute approximate surface area is 98.7 Å². The molecule has 1 aliphatic rings. The molecule has 0 spiro atoms. The lowest BCUT2D eigenvalue weighted by molar-refractivity contribution is -0.139. The van der Waals surface area contributed by atoms with E-state index in [1.54, 1.807) is 12.1 Å². The Balaban J connectivity index is 2.40. The molecular weight excluding hydrogens is 228 g/mol. The van der Waals surface area contributed by atoms with Crippen LogP contribution in [-0.4, -0.2) is 16.2 Å². The molecule has 1 fully saturated rings. The maximum atomic E-state index is 11.0. The summed E-state index contributed by atoms with van der Waals surface area (Å²) in [4.78, 5) is 11.0. The smallest absolute Gasteiger partial charge is 0.307 e. The van der Waals surface area contributed by atoms with Crippen molar-refractivity contribution in [3.05, 3.63) is 28.8 Å². The van der Waals surface area contributed by atoms with E-state index < -0.39 is 11.9 Å². The molecule has 0 radical (unpaired) electrons. The Kier molecular flexibility index (Phi) is 2.39. The molecular formula is C12H13ClO3. The van der Waals surface area contributed by atoms with Gasteiger partial charge in [0.1, 0.15) is 5.75 Å². The highest BCUT2D eigenvalue weighted by Crippen LogP contribution is 2.65. The largest absolute Gasteiger partial charge is 0.508 e. The fourth-order valence-electron chi connectivity index (χ4n) is 2.45. The summed E-state index contributed by atoms with van der Waals surface area (Å²) >= 11 is 5.85. The van der Waals surface area contributed by atoms with Crippen LogP contribution >= 0.6 is 11.6 Å². The van der Waals surface area contributed by atoms with Crippen LogP contribution in [0.2, 0.25) is 5.02 Å². The summed E-state index contributed by atoms with van der Waals surface area (Å²) in [6.07, 6.45) is 0. The van der Waals surface area contributed by atoms with E-state index in [1.807, 2.05) is 13.8 Å². The third-order valence-electron chi connectivity index (χ3n) is 3.42. The number of rotatable bonds is 2. The summed E-state index contributed by atoms with van der Waals surface area (Å²) in [5.74, 6) is -1.32. The lowest BCUT2D eigenvalue weighted by Gasteiger charge is -2.06. The summed E-state index contributed by atoms with van der Waals surface area (Å²) in [6, 6.07) is 4.74. The van der Waals surface area contributed by atoms with Crippen molar-refractivity contribution in [1.82, 2.24) is 0 Å². The van der Waals surface area contributed by atoms with Gasteiger partial charge in [-0.05, 0) is 29.2 Å². The van der Waals surface area contributed by atoms with Crippen molar-refractivity contribution in [2.45, 2.75) is 19.8 Å². The first-order chi connectivity index (χ1) is 7.35. The standard InChI is InChI=1S/C12H13ClO3/c1-12(2)9(10(12)11(15)16)7-5-6(13)3-4-8(7)14/h3-5,9-10,14H,1-2H3,(H,15,16). The van der Waals surface area contributed by atoms with Gasteiger partial charge in [-0.1, -0.05) is 25.4 Å². The van der Waals surface area contributed by atoms with E-state index in [4.69, 9.17) is 16.7 Å². The van der Waals surface area contributed by atoms with E-state index >= 15 is 0 Å². The second kappa shape index (κ2) is 3.39. The molecule has 2 atom stereocenters. The van der Waals surface area contributed by atoms with Crippen molar-refractivity contribution < 1.29 is 15.0 Å². The van der Waals surface area contributed by atoms with Gasteiger partial charge in [0.15, 0.2) is 0 Å². The summed E-state index contributed by atoms with van der Waals surface area (Å²) in [5.41, 5.74) is 0.304. The topological polar surface area (TPSA) is 57.5 Å². The molecule has 16 heavy (non-hydrogen) atoms. The van der Waals surface area contributed by atoms with Crippen molar-refractivity contribution in [2.75, 3.05) is 0 Å². The molecule has 86 valence electrons. The van der Waals surface area contributed by atoms with Crippen molar-refractivity contribution in [3.8, 4) is 5.75 Å². The summed E-state index contributed by atoms with van der Waals surface area (Å²) in [6.45, 7) is 3.77. The first-order valence-electron chi connectivity index (χ1n) is 5.07. The zero-order valence-electron chi connectivity index (χ0n) is 9.07. The Morgan fingerprint density at radius 2 is 2.06 bits per heavy atom. The zero-order valence-corrected chi connectivity index (χ0v) is 9.82. The number of carboxylic acids is 1. The zero-order chi connectivity index (χ0) is 12.1. The summed E-state index contributed by atoms with van der Waals surface area (Å²) < 4.78 is 0. The minimum absolute atomic E-state index is 0.117. The number of hydrogen-bond acceptors (Lipinski definition) is 2.